The molecule has 96 valence electrons. The summed E-state index contributed by atoms with van der Waals surface area (Å²) >= 11 is 0. The first-order valence-electron chi connectivity index (χ1n) is 7.49. The van der Waals surface area contributed by atoms with E-state index in [2.05, 4.69) is 19.2 Å². The maximum absolute atomic E-state index is 3.64. The Hall–Kier alpha value is -0.0400. The maximum atomic E-state index is 3.64. The average Bonchev–Trinajstić information content (AvgIpc) is 2.29. The fraction of sp³-hybridized carbons (Fsp3) is 1.00. The molecule has 16 heavy (non-hydrogen) atoms. The van der Waals surface area contributed by atoms with Gasteiger partial charge in [-0.15, -0.1) is 0 Å². The highest BCUT2D eigenvalue weighted by atomic mass is 14.9. The van der Waals surface area contributed by atoms with Crippen molar-refractivity contribution in [3.63, 3.8) is 0 Å². The zero-order valence-electron chi connectivity index (χ0n) is 11.4. The Morgan fingerprint density at radius 3 is 2.44 bits per heavy atom. The van der Waals surface area contributed by atoms with Crippen LogP contribution < -0.4 is 5.32 Å². The third kappa shape index (κ3) is 7.27. The van der Waals surface area contributed by atoms with Crippen LogP contribution in [0.5, 0.6) is 0 Å². The van der Waals surface area contributed by atoms with Crippen LogP contribution >= 0.6 is 0 Å². The molecule has 1 fully saturated rings. The normalized spacial score (nSPS) is 18.2. The van der Waals surface area contributed by atoms with Gasteiger partial charge in [-0.2, -0.15) is 0 Å². The Bertz CT molecular complexity index is 148. The summed E-state index contributed by atoms with van der Waals surface area (Å²) in [7, 11) is 0. The smallest absolute Gasteiger partial charge is 0.00205 e. The van der Waals surface area contributed by atoms with E-state index >= 15 is 0 Å². The maximum Gasteiger partial charge on any atom is -0.00205 e. The summed E-state index contributed by atoms with van der Waals surface area (Å²) in [6.45, 7) is 7.17. The zero-order chi connectivity index (χ0) is 11.6. The molecule has 1 aliphatic rings. The average molecular weight is 225 g/mol. The summed E-state index contributed by atoms with van der Waals surface area (Å²) in [6, 6.07) is 0. The summed E-state index contributed by atoms with van der Waals surface area (Å²) in [5, 5.41) is 3.64. The van der Waals surface area contributed by atoms with E-state index in [-0.39, 0.29) is 0 Å². The highest BCUT2D eigenvalue weighted by molar-refractivity contribution is 4.67. The molecular formula is C15H31N. The summed E-state index contributed by atoms with van der Waals surface area (Å²) in [5.41, 5.74) is 0. The fourth-order valence-corrected chi connectivity index (χ4v) is 2.68. The second-order valence-electron chi connectivity index (χ2n) is 5.95. The summed E-state index contributed by atoms with van der Waals surface area (Å²) < 4.78 is 0. The van der Waals surface area contributed by atoms with Gasteiger partial charge in [-0.05, 0) is 44.2 Å². The van der Waals surface area contributed by atoms with Gasteiger partial charge in [0, 0.05) is 0 Å². The number of unbranched alkanes of at least 4 members (excludes halogenated alkanes) is 2. The van der Waals surface area contributed by atoms with Crippen molar-refractivity contribution in [2.24, 2.45) is 11.8 Å². The molecule has 1 N–H and O–H groups in total. The molecular weight excluding hydrogens is 194 g/mol. The predicted molar refractivity (Wildman–Crippen MR) is 72.8 cm³/mol. The molecule has 0 unspecified atom stereocenters. The van der Waals surface area contributed by atoms with E-state index in [0.717, 1.165) is 11.8 Å². The van der Waals surface area contributed by atoms with Gasteiger partial charge < -0.3 is 5.32 Å². The molecule has 0 aromatic heterocycles. The van der Waals surface area contributed by atoms with Crippen molar-refractivity contribution in [2.75, 3.05) is 13.1 Å². The Morgan fingerprint density at radius 1 is 1.00 bits per heavy atom. The van der Waals surface area contributed by atoms with Crippen LogP contribution in [0.3, 0.4) is 0 Å². The SMILES string of the molecule is CC(C)CCCCCNCC1CCCCC1. The molecule has 1 rings (SSSR count). The molecule has 0 spiro atoms. The van der Waals surface area contributed by atoms with Gasteiger partial charge in [0.05, 0.1) is 0 Å². The molecule has 0 atom stereocenters. The van der Waals surface area contributed by atoms with Crippen LogP contribution in [-0.4, -0.2) is 13.1 Å². The van der Waals surface area contributed by atoms with E-state index in [1.165, 1.54) is 70.9 Å². The lowest BCUT2D eigenvalue weighted by atomic mass is 9.89. The van der Waals surface area contributed by atoms with Crippen LogP contribution in [0, 0.1) is 11.8 Å². The molecule has 1 nitrogen and oxygen atoms in total. The monoisotopic (exact) mass is 225 g/mol. The van der Waals surface area contributed by atoms with Crippen LogP contribution in [0.2, 0.25) is 0 Å². The Morgan fingerprint density at radius 2 is 1.75 bits per heavy atom. The van der Waals surface area contributed by atoms with Crippen molar-refractivity contribution in [3.8, 4) is 0 Å². The number of nitrogens with one attached hydrogen (secondary N) is 1. The van der Waals surface area contributed by atoms with Gasteiger partial charge >= 0.3 is 0 Å². The lowest BCUT2D eigenvalue weighted by Crippen LogP contribution is -2.25. The van der Waals surface area contributed by atoms with Gasteiger partial charge in [0.15, 0.2) is 0 Å². The van der Waals surface area contributed by atoms with Crippen molar-refractivity contribution in [1.82, 2.24) is 5.32 Å². The number of hydrogen-bond acceptors (Lipinski definition) is 1. The molecule has 0 aromatic carbocycles. The number of rotatable bonds is 8. The lowest BCUT2D eigenvalue weighted by Gasteiger charge is -2.21. The number of hydrogen-bond donors (Lipinski definition) is 1. The fourth-order valence-electron chi connectivity index (χ4n) is 2.68. The molecule has 0 aliphatic heterocycles. The van der Waals surface area contributed by atoms with E-state index < -0.39 is 0 Å². The van der Waals surface area contributed by atoms with Crippen LogP contribution in [0.4, 0.5) is 0 Å². The van der Waals surface area contributed by atoms with Gasteiger partial charge in [0.1, 0.15) is 0 Å². The summed E-state index contributed by atoms with van der Waals surface area (Å²) in [4.78, 5) is 0. The molecule has 0 saturated heterocycles. The second-order valence-corrected chi connectivity index (χ2v) is 5.95. The third-order valence-electron chi connectivity index (χ3n) is 3.79. The van der Waals surface area contributed by atoms with E-state index in [1.54, 1.807) is 0 Å². The molecule has 1 saturated carbocycles. The molecule has 0 amide bonds. The molecule has 0 aromatic rings. The van der Waals surface area contributed by atoms with Crippen molar-refractivity contribution in [3.05, 3.63) is 0 Å². The summed E-state index contributed by atoms with van der Waals surface area (Å²) in [5.74, 6) is 1.87. The van der Waals surface area contributed by atoms with Crippen molar-refractivity contribution < 1.29 is 0 Å². The van der Waals surface area contributed by atoms with Crippen molar-refractivity contribution in [1.29, 1.82) is 0 Å². The van der Waals surface area contributed by atoms with Gasteiger partial charge in [0.25, 0.3) is 0 Å². The minimum Gasteiger partial charge on any atom is -0.316 e. The quantitative estimate of drug-likeness (QED) is 0.605. The standard InChI is InChI=1S/C15H31N/c1-14(2)9-5-4-8-12-16-13-15-10-6-3-7-11-15/h14-16H,3-13H2,1-2H3. The van der Waals surface area contributed by atoms with Crippen LogP contribution in [0.25, 0.3) is 0 Å². The Kier molecular flexibility index (Phi) is 7.92. The van der Waals surface area contributed by atoms with E-state index in [9.17, 15) is 0 Å². The molecule has 1 heteroatoms. The molecule has 0 bridgehead atoms. The van der Waals surface area contributed by atoms with Crippen molar-refractivity contribution >= 4 is 0 Å². The van der Waals surface area contributed by atoms with Crippen molar-refractivity contribution in [2.45, 2.75) is 71.6 Å². The lowest BCUT2D eigenvalue weighted by molar-refractivity contribution is 0.341. The van der Waals surface area contributed by atoms with Gasteiger partial charge in [0.2, 0.25) is 0 Å². The highest BCUT2D eigenvalue weighted by Crippen LogP contribution is 2.22. The minimum atomic E-state index is 0.884. The van der Waals surface area contributed by atoms with E-state index in [4.69, 9.17) is 0 Å². The van der Waals surface area contributed by atoms with E-state index in [1.807, 2.05) is 0 Å². The Labute approximate surface area is 102 Å². The van der Waals surface area contributed by atoms with Gasteiger partial charge in [-0.3, -0.25) is 0 Å². The molecule has 0 heterocycles. The van der Waals surface area contributed by atoms with Crippen LogP contribution in [-0.2, 0) is 0 Å². The largest absolute Gasteiger partial charge is 0.316 e. The van der Waals surface area contributed by atoms with Gasteiger partial charge in [-0.25, -0.2) is 0 Å². The van der Waals surface area contributed by atoms with E-state index in [0.29, 0.717) is 0 Å². The third-order valence-corrected chi connectivity index (χ3v) is 3.79. The van der Waals surface area contributed by atoms with Gasteiger partial charge in [-0.1, -0.05) is 52.4 Å². The zero-order valence-corrected chi connectivity index (χ0v) is 11.4. The first kappa shape index (κ1) is 14.0. The predicted octanol–water partition coefficient (Wildman–Crippen LogP) is 4.37. The first-order valence-corrected chi connectivity index (χ1v) is 7.49. The van der Waals surface area contributed by atoms with Crippen LogP contribution in [0.15, 0.2) is 0 Å². The minimum absolute atomic E-state index is 0.884. The topological polar surface area (TPSA) is 12.0 Å². The highest BCUT2D eigenvalue weighted by Gasteiger charge is 2.11. The molecule has 1 aliphatic carbocycles. The first-order chi connectivity index (χ1) is 7.79. The second kappa shape index (κ2) is 9.04. The molecule has 0 radical (unpaired) electrons. The Balaban J connectivity index is 1.80. The summed E-state index contributed by atoms with van der Waals surface area (Å²) in [6.07, 6.45) is 13.0. The van der Waals surface area contributed by atoms with Crippen LogP contribution in [0.1, 0.15) is 71.6 Å².